The normalized spacial score (nSPS) is 10.5. The minimum absolute atomic E-state index is 0.00810. The van der Waals surface area contributed by atoms with Crippen molar-refractivity contribution in [2.75, 3.05) is 17.2 Å². The van der Waals surface area contributed by atoms with Crippen molar-refractivity contribution < 1.29 is 13.6 Å². The lowest BCUT2D eigenvalue weighted by Gasteiger charge is -2.21. The Morgan fingerprint density at radius 1 is 1.31 bits per heavy atom. The second kappa shape index (κ2) is 8.60. The van der Waals surface area contributed by atoms with Crippen molar-refractivity contribution in [3.05, 3.63) is 47.6 Å². The lowest BCUT2D eigenvalue weighted by molar-refractivity contribution is -0.116. The first kappa shape index (κ1) is 18.1. The molecule has 132 valence electrons. The zero-order chi connectivity index (χ0) is 18.4. The Kier molecular flexibility index (Phi) is 5.99. The Bertz CT molecular complexity index is 921. The van der Waals surface area contributed by atoms with Crippen molar-refractivity contribution in [3.63, 3.8) is 0 Å². The molecule has 0 N–H and O–H groups in total. The van der Waals surface area contributed by atoms with Crippen molar-refractivity contribution in [2.24, 2.45) is 0 Å². The Labute approximate surface area is 157 Å². The molecule has 3 aromatic rings. The van der Waals surface area contributed by atoms with Crippen LogP contribution in [0.1, 0.15) is 6.42 Å². The predicted octanol–water partition coefficient (Wildman–Crippen LogP) is 3.98. The average molecular weight is 388 g/mol. The van der Waals surface area contributed by atoms with E-state index in [4.69, 9.17) is 9.68 Å². The van der Waals surface area contributed by atoms with Gasteiger partial charge < -0.3 is 9.32 Å². The molecule has 0 saturated carbocycles. The lowest BCUT2D eigenvalue weighted by Crippen LogP contribution is -2.34. The van der Waals surface area contributed by atoms with Crippen LogP contribution in [0.2, 0.25) is 0 Å². The van der Waals surface area contributed by atoms with Crippen molar-refractivity contribution in [3.8, 4) is 16.8 Å². The molecule has 3 rings (SSSR count). The van der Waals surface area contributed by atoms with Crippen LogP contribution in [0, 0.1) is 17.1 Å². The molecular formula is C17H13FN4O2S2. The highest BCUT2D eigenvalue weighted by molar-refractivity contribution is 7.99. The molecule has 0 spiro atoms. The molecule has 0 aliphatic carbocycles. The largest absolute Gasteiger partial charge is 0.410 e. The van der Waals surface area contributed by atoms with E-state index in [1.54, 1.807) is 12.1 Å². The maximum absolute atomic E-state index is 14.0. The molecular weight excluding hydrogens is 375 g/mol. The third kappa shape index (κ3) is 4.28. The third-order valence-corrected chi connectivity index (χ3v) is 5.01. The fourth-order valence-electron chi connectivity index (χ4n) is 2.18. The highest BCUT2D eigenvalue weighted by atomic mass is 32.2. The first-order valence-corrected chi connectivity index (χ1v) is 9.47. The van der Waals surface area contributed by atoms with Gasteiger partial charge in [-0.1, -0.05) is 30.0 Å². The van der Waals surface area contributed by atoms with Crippen LogP contribution in [0.25, 0.3) is 10.8 Å². The van der Waals surface area contributed by atoms with E-state index in [0.717, 1.165) is 16.6 Å². The minimum Gasteiger partial charge on any atom is -0.410 e. The molecule has 2 heterocycles. The number of anilines is 1. The SMILES string of the molecule is N#CCCN(C(=O)CSc1nnc(-c2cccs2)o1)c1ccccc1F. The summed E-state index contributed by atoms with van der Waals surface area (Å²) in [5.41, 5.74) is 0.151. The number of benzene rings is 1. The van der Waals surface area contributed by atoms with Gasteiger partial charge in [0.25, 0.3) is 11.1 Å². The Hall–Kier alpha value is -2.70. The number of nitrogens with zero attached hydrogens (tertiary/aromatic N) is 4. The molecule has 0 unspecified atom stereocenters. The van der Waals surface area contributed by atoms with Gasteiger partial charge in [0, 0.05) is 6.54 Å². The Balaban J connectivity index is 1.68. The fourth-order valence-corrected chi connectivity index (χ4v) is 3.46. The number of halogens is 1. The quantitative estimate of drug-likeness (QED) is 0.570. The molecule has 0 radical (unpaired) electrons. The van der Waals surface area contributed by atoms with Crippen molar-refractivity contribution in [1.29, 1.82) is 5.26 Å². The molecule has 1 amide bonds. The predicted molar refractivity (Wildman–Crippen MR) is 97.3 cm³/mol. The first-order chi connectivity index (χ1) is 12.7. The number of nitriles is 1. The second-order valence-corrected chi connectivity index (χ2v) is 6.92. The second-order valence-electron chi connectivity index (χ2n) is 5.04. The third-order valence-electron chi connectivity index (χ3n) is 3.35. The van der Waals surface area contributed by atoms with Crippen LogP contribution in [-0.2, 0) is 4.79 Å². The molecule has 9 heteroatoms. The molecule has 1 aromatic carbocycles. The summed E-state index contributed by atoms with van der Waals surface area (Å²) >= 11 is 2.55. The smallest absolute Gasteiger partial charge is 0.277 e. The van der Waals surface area contributed by atoms with E-state index in [0.29, 0.717) is 5.89 Å². The van der Waals surface area contributed by atoms with E-state index < -0.39 is 5.82 Å². The number of thiophene rings is 1. The number of amides is 1. The summed E-state index contributed by atoms with van der Waals surface area (Å²) in [5.74, 6) is -0.468. The summed E-state index contributed by atoms with van der Waals surface area (Å²) in [7, 11) is 0. The standard InChI is InChI=1S/C17H13FN4O2S2/c18-12-5-1-2-6-13(12)22(9-4-8-19)15(23)11-26-17-21-20-16(24-17)14-7-3-10-25-14/h1-3,5-7,10H,4,9,11H2. The van der Waals surface area contributed by atoms with Gasteiger partial charge in [-0.25, -0.2) is 4.39 Å². The maximum Gasteiger partial charge on any atom is 0.277 e. The lowest BCUT2D eigenvalue weighted by atomic mass is 10.2. The van der Waals surface area contributed by atoms with E-state index in [1.165, 1.54) is 28.4 Å². The molecule has 0 bridgehead atoms. The number of carbonyl (C=O) groups excluding carboxylic acids is 1. The van der Waals surface area contributed by atoms with Gasteiger partial charge in [0.2, 0.25) is 5.91 Å². The van der Waals surface area contributed by atoms with Crippen molar-refractivity contribution in [1.82, 2.24) is 10.2 Å². The van der Waals surface area contributed by atoms with E-state index >= 15 is 0 Å². The van der Waals surface area contributed by atoms with Crippen LogP contribution in [0.5, 0.6) is 0 Å². The van der Waals surface area contributed by atoms with Crippen LogP contribution in [0.4, 0.5) is 10.1 Å². The number of hydrogen-bond donors (Lipinski definition) is 0. The zero-order valence-corrected chi connectivity index (χ0v) is 15.1. The number of carbonyl (C=O) groups is 1. The highest BCUT2D eigenvalue weighted by Crippen LogP contribution is 2.27. The molecule has 0 aliphatic rings. The number of aromatic nitrogens is 2. The molecule has 0 atom stereocenters. The first-order valence-electron chi connectivity index (χ1n) is 7.61. The Morgan fingerprint density at radius 3 is 2.88 bits per heavy atom. The molecule has 2 aromatic heterocycles. The Morgan fingerprint density at radius 2 is 2.15 bits per heavy atom. The maximum atomic E-state index is 14.0. The van der Waals surface area contributed by atoms with Crippen LogP contribution >= 0.6 is 23.1 Å². The van der Waals surface area contributed by atoms with E-state index in [2.05, 4.69) is 10.2 Å². The number of hydrogen-bond acceptors (Lipinski definition) is 7. The summed E-state index contributed by atoms with van der Waals surface area (Å²) in [6.07, 6.45) is 0.105. The van der Waals surface area contributed by atoms with Gasteiger partial charge in [-0.05, 0) is 23.6 Å². The number of thioether (sulfide) groups is 1. The topological polar surface area (TPSA) is 83.0 Å². The average Bonchev–Trinajstić information content (AvgIpc) is 3.33. The monoisotopic (exact) mass is 388 g/mol. The van der Waals surface area contributed by atoms with Gasteiger partial charge in [-0.2, -0.15) is 5.26 Å². The van der Waals surface area contributed by atoms with Crippen LogP contribution < -0.4 is 4.90 Å². The van der Waals surface area contributed by atoms with E-state index in [1.807, 2.05) is 23.6 Å². The summed E-state index contributed by atoms with van der Waals surface area (Å²) in [5, 5.41) is 18.8. The van der Waals surface area contributed by atoms with E-state index in [-0.39, 0.29) is 35.5 Å². The van der Waals surface area contributed by atoms with Crippen LogP contribution in [0.3, 0.4) is 0 Å². The van der Waals surface area contributed by atoms with Gasteiger partial charge in [0.1, 0.15) is 5.82 Å². The van der Waals surface area contributed by atoms with Gasteiger partial charge in [-0.15, -0.1) is 21.5 Å². The van der Waals surface area contributed by atoms with Gasteiger partial charge >= 0.3 is 0 Å². The van der Waals surface area contributed by atoms with Gasteiger partial charge in [0.05, 0.1) is 28.8 Å². The van der Waals surface area contributed by atoms with Gasteiger partial charge in [-0.3, -0.25) is 4.79 Å². The fraction of sp³-hybridized carbons (Fsp3) is 0.176. The molecule has 0 aliphatic heterocycles. The molecule has 6 nitrogen and oxygen atoms in total. The highest BCUT2D eigenvalue weighted by Gasteiger charge is 2.20. The molecule has 0 saturated heterocycles. The number of rotatable bonds is 7. The molecule has 0 fully saturated rings. The molecule has 26 heavy (non-hydrogen) atoms. The summed E-state index contributed by atoms with van der Waals surface area (Å²) in [6.45, 7) is 0.112. The van der Waals surface area contributed by atoms with Crippen LogP contribution in [-0.4, -0.2) is 28.4 Å². The number of para-hydroxylation sites is 1. The van der Waals surface area contributed by atoms with Crippen LogP contribution in [0.15, 0.2) is 51.4 Å². The van der Waals surface area contributed by atoms with Crippen molar-refractivity contribution >= 4 is 34.7 Å². The van der Waals surface area contributed by atoms with Gasteiger partial charge in [0.15, 0.2) is 0 Å². The summed E-state index contributed by atoms with van der Waals surface area (Å²) in [4.78, 5) is 14.7. The van der Waals surface area contributed by atoms with E-state index in [9.17, 15) is 9.18 Å². The zero-order valence-electron chi connectivity index (χ0n) is 13.5. The minimum atomic E-state index is -0.512. The summed E-state index contributed by atoms with van der Waals surface area (Å²) in [6, 6.07) is 11.7. The summed E-state index contributed by atoms with van der Waals surface area (Å²) < 4.78 is 19.6. The van der Waals surface area contributed by atoms with Crippen molar-refractivity contribution in [2.45, 2.75) is 11.6 Å².